The van der Waals surface area contributed by atoms with Gasteiger partial charge in [0, 0.05) is 12.8 Å². The Morgan fingerprint density at radius 1 is 1.35 bits per heavy atom. The molecule has 0 saturated heterocycles. The minimum atomic E-state index is -4.78. The van der Waals surface area contributed by atoms with Gasteiger partial charge >= 0.3 is 6.18 Å². The monoisotopic (exact) mass is 350 g/mol. The van der Waals surface area contributed by atoms with Crippen molar-refractivity contribution in [2.45, 2.75) is 38.3 Å². The molecule has 0 fully saturated rings. The molecular weight excluding hydrogens is 337 g/mol. The van der Waals surface area contributed by atoms with Gasteiger partial charge in [-0.25, -0.2) is 0 Å². The normalized spacial score (nSPS) is 14.9. The van der Waals surface area contributed by atoms with Gasteiger partial charge in [-0.05, 0) is 38.5 Å². The summed E-state index contributed by atoms with van der Waals surface area (Å²) in [6.07, 6.45) is -4.62. The Bertz CT molecular complexity index is 550. The summed E-state index contributed by atoms with van der Waals surface area (Å²) < 4.78 is 43.4. The lowest BCUT2D eigenvalue weighted by atomic mass is 9.79. The number of benzene rings is 1. The van der Waals surface area contributed by atoms with Gasteiger partial charge in [-0.1, -0.05) is 19.9 Å². The Kier molecular flexibility index (Phi) is 3.88. The zero-order chi connectivity index (χ0) is 15.1. The van der Waals surface area contributed by atoms with Crippen LogP contribution in [0.15, 0.2) is 16.6 Å². The quantitative estimate of drug-likeness (QED) is 0.817. The van der Waals surface area contributed by atoms with Crippen LogP contribution >= 0.6 is 15.9 Å². The number of halogens is 4. The van der Waals surface area contributed by atoms with Gasteiger partial charge in [-0.2, -0.15) is 13.2 Å². The fourth-order valence-electron chi connectivity index (χ4n) is 2.26. The predicted molar refractivity (Wildman–Crippen MR) is 72.0 cm³/mol. The molecule has 1 heterocycles. The maximum Gasteiger partial charge on any atom is 0.450 e. The minimum Gasteiger partial charge on any atom is -0.492 e. The zero-order valence-electron chi connectivity index (χ0n) is 11.1. The lowest BCUT2D eigenvalue weighted by Crippen LogP contribution is -2.31. The van der Waals surface area contributed by atoms with Crippen LogP contribution in [0.25, 0.3) is 0 Å². The maximum atomic E-state index is 12.4. The number of fused-ring (bicyclic) bond motifs is 1. The highest BCUT2D eigenvalue weighted by Gasteiger charge is 2.41. The predicted octanol–water partition coefficient (Wildman–Crippen LogP) is 4.18. The fourth-order valence-corrected chi connectivity index (χ4v) is 2.87. The Morgan fingerprint density at radius 3 is 2.60 bits per heavy atom. The van der Waals surface area contributed by atoms with Gasteiger partial charge in [-0.3, -0.25) is 4.79 Å². The number of carbonyl (C=O) groups excluding carboxylic acids is 1. The van der Waals surface area contributed by atoms with E-state index in [1.165, 1.54) is 0 Å². The molecule has 1 aliphatic rings. The third-order valence-corrected chi connectivity index (χ3v) is 4.03. The second kappa shape index (κ2) is 5.06. The molecule has 0 spiro atoms. The first-order valence-electron chi connectivity index (χ1n) is 6.17. The van der Waals surface area contributed by atoms with Crippen LogP contribution in [-0.2, 0) is 16.6 Å². The first-order valence-corrected chi connectivity index (χ1v) is 6.96. The third kappa shape index (κ3) is 3.00. The first-order chi connectivity index (χ1) is 9.11. The van der Waals surface area contributed by atoms with Crippen molar-refractivity contribution in [2.24, 2.45) is 0 Å². The van der Waals surface area contributed by atoms with Crippen LogP contribution in [-0.4, -0.2) is 18.6 Å². The van der Waals surface area contributed by atoms with Crippen LogP contribution in [0.1, 0.15) is 31.4 Å². The van der Waals surface area contributed by atoms with E-state index in [1.807, 2.05) is 6.07 Å². The van der Waals surface area contributed by atoms with E-state index in [1.54, 1.807) is 19.9 Å². The summed E-state index contributed by atoms with van der Waals surface area (Å²) in [7, 11) is 0. The molecule has 1 aromatic rings. The Hall–Kier alpha value is -1.04. The largest absolute Gasteiger partial charge is 0.492 e. The van der Waals surface area contributed by atoms with Crippen LogP contribution in [0.5, 0.6) is 5.75 Å². The lowest BCUT2D eigenvalue weighted by molar-refractivity contribution is -0.172. The van der Waals surface area contributed by atoms with Gasteiger partial charge in [0.15, 0.2) is 0 Å². The lowest BCUT2D eigenvalue weighted by Gasteiger charge is -2.26. The van der Waals surface area contributed by atoms with Gasteiger partial charge in [0.05, 0.1) is 11.1 Å². The summed E-state index contributed by atoms with van der Waals surface area (Å²) in [5, 5.41) is 0. The number of ketones is 1. The first kappa shape index (κ1) is 15.4. The Balaban J connectivity index is 2.30. The Labute approximate surface area is 123 Å². The number of Topliss-reactive ketones (excluding diaryl/α,β-unsaturated/α-hetero) is 1. The fraction of sp³-hybridized carbons (Fsp3) is 0.500. The van der Waals surface area contributed by atoms with Crippen LogP contribution in [0.2, 0.25) is 0 Å². The van der Waals surface area contributed by atoms with E-state index in [2.05, 4.69) is 15.9 Å². The van der Waals surface area contributed by atoms with Crippen LogP contribution < -0.4 is 4.74 Å². The summed E-state index contributed by atoms with van der Waals surface area (Å²) in [5.41, 5.74) is 0.778. The number of rotatable bonds is 3. The Morgan fingerprint density at radius 2 is 2.00 bits per heavy atom. The van der Waals surface area contributed by atoms with Gasteiger partial charge in [0.25, 0.3) is 0 Å². The van der Waals surface area contributed by atoms with Gasteiger partial charge < -0.3 is 4.74 Å². The van der Waals surface area contributed by atoms with Gasteiger partial charge in [0.2, 0.25) is 5.78 Å². The van der Waals surface area contributed by atoms with Crippen LogP contribution in [0, 0.1) is 0 Å². The van der Waals surface area contributed by atoms with Gasteiger partial charge in [-0.15, -0.1) is 0 Å². The SMILES string of the molecule is CC(C)(CC(=O)C(F)(F)F)c1cc(Br)c2c(c1)CCO2. The van der Waals surface area contributed by atoms with E-state index in [4.69, 9.17) is 4.74 Å². The number of alkyl halides is 3. The summed E-state index contributed by atoms with van der Waals surface area (Å²) in [6.45, 7) is 3.85. The highest BCUT2D eigenvalue weighted by atomic mass is 79.9. The van der Waals surface area contributed by atoms with E-state index in [0.29, 0.717) is 12.2 Å². The molecule has 0 saturated carbocycles. The third-order valence-electron chi connectivity index (χ3n) is 3.44. The second-order valence-electron chi connectivity index (χ2n) is 5.53. The number of hydrogen-bond donors (Lipinski definition) is 0. The average molecular weight is 351 g/mol. The van der Waals surface area contributed by atoms with Crippen molar-refractivity contribution in [1.82, 2.24) is 0 Å². The van der Waals surface area contributed by atoms with Crippen molar-refractivity contribution in [3.05, 3.63) is 27.7 Å². The topological polar surface area (TPSA) is 26.3 Å². The van der Waals surface area contributed by atoms with Crippen molar-refractivity contribution in [3.63, 3.8) is 0 Å². The smallest absolute Gasteiger partial charge is 0.450 e. The molecule has 0 radical (unpaired) electrons. The molecule has 6 heteroatoms. The molecule has 1 aromatic carbocycles. The van der Waals surface area contributed by atoms with Crippen molar-refractivity contribution in [3.8, 4) is 5.75 Å². The van der Waals surface area contributed by atoms with Crippen molar-refractivity contribution in [1.29, 1.82) is 0 Å². The van der Waals surface area contributed by atoms with Crippen LogP contribution in [0.4, 0.5) is 13.2 Å². The molecule has 20 heavy (non-hydrogen) atoms. The molecule has 110 valence electrons. The molecule has 0 unspecified atom stereocenters. The molecule has 1 aliphatic heterocycles. The summed E-state index contributed by atoms with van der Waals surface area (Å²) >= 11 is 3.36. The molecule has 0 bridgehead atoms. The molecule has 0 amide bonds. The molecule has 0 N–H and O–H groups in total. The highest BCUT2D eigenvalue weighted by molar-refractivity contribution is 9.10. The maximum absolute atomic E-state index is 12.4. The average Bonchev–Trinajstić information content (AvgIpc) is 2.75. The number of hydrogen-bond acceptors (Lipinski definition) is 2. The van der Waals surface area contributed by atoms with Crippen LogP contribution in [0.3, 0.4) is 0 Å². The zero-order valence-corrected chi connectivity index (χ0v) is 12.7. The standard InChI is InChI=1S/C14H14BrF3O2/c1-13(2,7-11(19)14(16,17)18)9-5-8-3-4-20-12(8)10(15)6-9/h5-6H,3-4,7H2,1-2H3. The second-order valence-corrected chi connectivity index (χ2v) is 6.38. The van der Waals surface area contributed by atoms with Gasteiger partial charge in [0.1, 0.15) is 5.75 Å². The molecular formula is C14H14BrF3O2. The molecule has 2 nitrogen and oxygen atoms in total. The molecule has 0 atom stereocenters. The van der Waals surface area contributed by atoms with Crippen molar-refractivity contribution < 1.29 is 22.7 Å². The molecule has 2 rings (SSSR count). The number of ether oxygens (including phenoxy) is 1. The van der Waals surface area contributed by atoms with E-state index >= 15 is 0 Å². The summed E-state index contributed by atoms with van der Waals surface area (Å²) in [6, 6.07) is 3.56. The van der Waals surface area contributed by atoms with E-state index in [-0.39, 0.29) is 0 Å². The summed E-state index contributed by atoms with van der Waals surface area (Å²) in [4.78, 5) is 11.2. The number of carbonyl (C=O) groups is 1. The minimum absolute atomic E-state index is 0.567. The van der Waals surface area contributed by atoms with E-state index in [9.17, 15) is 18.0 Å². The van der Waals surface area contributed by atoms with E-state index < -0.39 is 23.8 Å². The molecule has 0 aromatic heterocycles. The summed E-state index contributed by atoms with van der Waals surface area (Å²) in [5.74, 6) is -0.956. The highest BCUT2D eigenvalue weighted by Crippen LogP contribution is 2.40. The van der Waals surface area contributed by atoms with Crippen molar-refractivity contribution >= 4 is 21.7 Å². The molecule has 0 aliphatic carbocycles. The van der Waals surface area contributed by atoms with E-state index in [0.717, 1.165) is 22.2 Å². The van der Waals surface area contributed by atoms with Crippen molar-refractivity contribution in [2.75, 3.05) is 6.61 Å².